The van der Waals surface area contributed by atoms with E-state index in [-0.39, 0.29) is 0 Å². The first-order chi connectivity index (χ1) is 7.13. The van der Waals surface area contributed by atoms with Crippen LogP contribution in [0.3, 0.4) is 0 Å². The third-order valence-electron chi connectivity index (χ3n) is 2.77. The molecule has 1 unspecified atom stereocenters. The molecule has 1 atom stereocenters. The Bertz CT molecular complexity index is 280. The van der Waals surface area contributed by atoms with E-state index in [1.807, 2.05) is 20.3 Å². The van der Waals surface area contributed by atoms with Crippen LogP contribution in [0.4, 0.5) is 0 Å². The van der Waals surface area contributed by atoms with Gasteiger partial charge < -0.3 is 5.32 Å². The maximum atomic E-state index is 4.08. The van der Waals surface area contributed by atoms with Crippen molar-refractivity contribution < 1.29 is 0 Å². The lowest BCUT2D eigenvalue weighted by molar-refractivity contribution is 0.393. The second kappa shape index (κ2) is 5.85. The normalized spacial score (nSPS) is 13.4. The Morgan fingerprint density at radius 2 is 2.20 bits per heavy atom. The lowest BCUT2D eigenvalue weighted by Crippen LogP contribution is -2.30. The summed E-state index contributed by atoms with van der Waals surface area (Å²) in [7, 11) is 3.94. The summed E-state index contributed by atoms with van der Waals surface area (Å²) in [6, 6.07) is 0.613. The summed E-state index contributed by atoms with van der Waals surface area (Å²) in [5.41, 5.74) is 1.09. The van der Waals surface area contributed by atoms with E-state index in [1.165, 1.54) is 12.8 Å². The first-order valence-corrected chi connectivity index (χ1v) is 5.66. The summed E-state index contributed by atoms with van der Waals surface area (Å²) in [5.74, 6) is 0.692. The van der Waals surface area contributed by atoms with Gasteiger partial charge in [-0.25, -0.2) is 0 Å². The molecule has 1 aromatic rings. The molecule has 0 aliphatic carbocycles. The van der Waals surface area contributed by atoms with Crippen LogP contribution >= 0.6 is 0 Å². The van der Waals surface area contributed by atoms with Crippen LogP contribution in [0.2, 0.25) is 0 Å². The van der Waals surface area contributed by atoms with Gasteiger partial charge in [0, 0.05) is 19.3 Å². The zero-order valence-corrected chi connectivity index (χ0v) is 10.2. The summed E-state index contributed by atoms with van der Waals surface area (Å²) < 4.78 is 1.76. The Hall–Kier alpha value is -0.900. The van der Waals surface area contributed by atoms with Crippen LogP contribution in [0.1, 0.15) is 32.4 Å². The monoisotopic (exact) mass is 210 g/mol. The fourth-order valence-corrected chi connectivity index (χ4v) is 1.82. The summed E-state index contributed by atoms with van der Waals surface area (Å²) in [4.78, 5) is 0. The van der Waals surface area contributed by atoms with Gasteiger partial charge in [-0.05, 0) is 32.2 Å². The van der Waals surface area contributed by atoms with Gasteiger partial charge in [-0.3, -0.25) is 4.68 Å². The molecule has 15 heavy (non-hydrogen) atoms. The minimum Gasteiger partial charge on any atom is -0.317 e. The summed E-state index contributed by atoms with van der Waals surface area (Å²) in [6.45, 7) is 4.51. The molecule has 0 bridgehead atoms. The lowest BCUT2D eigenvalue weighted by Gasteiger charge is -2.19. The molecule has 0 fully saturated rings. The van der Waals surface area contributed by atoms with Gasteiger partial charge in [-0.15, -0.1) is 5.10 Å². The summed E-state index contributed by atoms with van der Waals surface area (Å²) >= 11 is 0. The average molecular weight is 210 g/mol. The molecule has 0 spiro atoms. The Balaban J connectivity index is 2.26. The highest BCUT2D eigenvalue weighted by atomic mass is 15.4. The fourth-order valence-electron chi connectivity index (χ4n) is 1.82. The molecule has 1 heterocycles. The zero-order valence-electron chi connectivity index (χ0n) is 10.2. The number of aryl methyl sites for hydroxylation is 2. The van der Waals surface area contributed by atoms with Gasteiger partial charge in [0.2, 0.25) is 0 Å². The second-order valence-corrected chi connectivity index (χ2v) is 4.41. The van der Waals surface area contributed by atoms with Crippen LogP contribution < -0.4 is 5.32 Å². The molecule has 0 aliphatic rings. The van der Waals surface area contributed by atoms with Crippen LogP contribution in [-0.2, 0) is 13.5 Å². The number of rotatable bonds is 6. The SMILES string of the molecule is CNC(CCCc1cn(C)nn1)C(C)C. The molecule has 0 saturated carbocycles. The minimum absolute atomic E-state index is 0.613. The maximum absolute atomic E-state index is 4.08. The van der Waals surface area contributed by atoms with Crippen molar-refractivity contribution in [2.24, 2.45) is 13.0 Å². The molecular formula is C11H22N4. The van der Waals surface area contributed by atoms with Gasteiger partial charge >= 0.3 is 0 Å². The Morgan fingerprint density at radius 3 is 2.67 bits per heavy atom. The van der Waals surface area contributed by atoms with Crippen molar-refractivity contribution in [2.75, 3.05) is 7.05 Å². The molecular weight excluding hydrogens is 188 g/mol. The third-order valence-corrected chi connectivity index (χ3v) is 2.77. The van der Waals surface area contributed by atoms with Crippen molar-refractivity contribution in [1.82, 2.24) is 20.3 Å². The quantitative estimate of drug-likeness (QED) is 0.771. The average Bonchev–Trinajstić information content (AvgIpc) is 2.58. The number of nitrogens with zero attached hydrogens (tertiary/aromatic N) is 3. The molecule has 1 rings (SSSR count). The van der Waals surface area contributed by atoms with E-state index in [1.54, 1.807) is 4.68 Å². The van der Waals surface area contributed by atoms with Crippen molar-refractivity contribution in [3.05, 3.63) is 11.9 Å². The van der Waals surface area contributed by atoms with E-state index in [0.717, 1.165) is 12.1 Å². The van der Waals surface area contributed by atoms with Gasteiger partial charge in [0.1, 0.15) is 0 Å². The van der Waals surface area contributed by atoms with E-state index >= 15 is 0 Å². The van der Waals surface area contributed by atoms with E-state index in [2.05, 4.69) is 29.5 Å². The minimum atomic E-state index is 0.613. The molecule has 4 nitrogen and oxygen atoms in total. The predicted octanol–water partition coefficient (Wildman–Crippen LogP) is 1.38. The number of hydrogen-bond acceptors (Lipinski definition) is 3. The Morgan fingerprint density at radius 1 is 1.47 bits per heavy atom. The van der Waals surface area contributed by atoms with Crippen molar-refractivity contribution >= 4 is 0 Å². The highest BCUT2D eigenvalue weighted by Gasteiger charge is 2.10. The van der Waals surface area contributed by atoms with Crippen LogP contribution in [0.15, 0.2) is 6.20 Å². The second-order valence-electron chi connectivity index (χ2n) is 4.41. The third kappa shape index (κ3) is 4.00. The number of nitrogens with one attached hydrogen (secondary N) is 1. The van der Waals surface area contributed by atoms with Crippen molar-refractivity contribution in [3.63, 3.8) is 0 Å². The first kappa shape index (κ1) is 12.2. The van der Waals surface area contributed by atoms with E-state index < -0.39 is 0 Å². The van der Waals surface area contributed by atoms with Crippen molar-refractivity contribution in [2.45, 2.75) is 39.2 Å². The lowest BCUT2D eigenvalue weighted by atomic mass is 9.98. The Kier molecular flexibility index (Phi) is 4.75. The van der Waals surface area contributed by atoms with Crippen LogP contribution in [-0.4, -0.2) is 28.1 Å². The molecule has 0 aromatic carbocycles. The molecule has 0 radical (unpaired) electrons. The predicted molar refractivity (Wildman–Crippen MR) is 61.6 cm³/mol. The topological polar surface area (TPSA) is 42.7 Å². The highest BCUT2D eigenvalue weighted by molar-refractivity contribution is 4.91. The zero-order chi connectivity index (χ0) is 11.3. The summed E-state index contributed by atoms with van der Waals surface area (Å²) in [5, 5.41) is 11.3. The fraction of sp³-hybridized carbons (Fsp3) is 0.818. The summed E-state index contributed by atoms with van der Waals surface area (Å²) in [6.07, 6.45) is 5.38. The van der Waals surface area contributed by atoms with Gasteiger partial charge in [0.15, 0.2) is 0 Å². The van der Waals surface area contributed by atoms with E-state index in [4.69, 9.17) is 0 Å². The van der Waals surface area contributed by atoms with Gasteiger partial charge in [-0.1, -0.05) is 19.1 Å². The molecule has 1 aromatic heterocycles. The number of hydrogen-bond donors (Lipinski definition) is 1. The van der Waals surface area contributed by atoms with Crippen molar-refractivity contribution in [1.29, 1.82) is 0 Å². The maximum Gasteiger partial charge on any atom is 0.0827 e. The molecule has 0 amide bonds. The van der Waals surface area contributed by atoms with E-state index in [9.17, 15) is 0 Å². The van der Waals surface area contributed by atoms with Gasteiger partial charge in [0.25, 0.3) is 0 Å². The highest BCUT2D eigenvalue weighted by Crippen LogP contribution is 2.10. The Labute approximate surface area is 92.1 Å². The van der Waals surface area contributed by atoms with Gasteiger partial charge in [-0.2, -0.15) is 0 Å². The van der Waals surface area contributed by atoms with Crippen LogP contribution in [0.25, 0.3) is 0 Å². The molecule has 0 aliphatic heterocycles. The first-order valence-electron chi connectivity index (χ1n) is 5.66. The van der Waals surface area contributed by atoms with Crippen molar-refractivity contribution in [3.8, 4) is 0 Å². The van der Waals surface area contributed by atoms with Crippen LogP contribution in [0, 0.1) is 5.92 Å². The largest absolute Gasteiger partial charge is 0.317 e. The van der Waals surface area contributed by atoms with Gasteiger partial charge in [0.05, 0.1) is 5.69 Å². The molecule has 86 valence electrons. The molecule has 4 heteroatoms. The smallest absolute Gasteiger partial charge is 0.0827 e. The number of aromatic nitrogens is 3. The van der Waals surface area contributed by atoms with Crippen LogP contribution in [0.5, 0.6) is 0 Å². The van der Waals surface area contributed by atoms with E-state index in [0.29, 0.717) is 12.0 Å². The standard InChI is InChI=1S/C11H22N4/c1-9(2)11(12-3)7-5-6-10-8-15(4)14-13-10/h8-9,11-12H,5-7H2,1-4H3. The molecule has 0 saturated heterocycles. The molecule has 1 N–H and O–H groups in total.